The molecule has 102 valence electrons. The Bertz CT molecular complexity index is 391. The molecule has 4 nitrogen and oxygen atoms in total. The number of rotatable bonds is 6. The van der Waals surface area contributed by atoms with Gasteiger partial charge in [-0.25, -0.2) is 8.78 Å². The van der Waals surface area contributed by atoms with Gasteiger partial charge in [-0.2, -0.15) is 0 Å². The Morgan fingerprint density at radius 2 is 2.17 bits per heavy atom. The van der Waals surface area contributed by atoms with Gasteiger partial charge in [-0.3, -0.25) is 4.79 Å². The number of aromatic nitrogens is 1. The summed E-state index contributed by atoms with van der Waals surface area (Å²) < 4.78 is 25.8. The molecule has 0 aliphatic rings. The van der Waals surface area contributed by atoms with Gasteiger partial charge in [-0.15, -0.1) is 0 Å². The lowest BCUT2D eigenvalue weighted by Crippen LogP contribution is -2.41. The van der Waals surface area contributed by atoms with Gasteiger partial charge in [0.2, 0.25) is 0 Å². The van der Waals surface area contributed by atoms with E-state index in [-0.39, 0.29) is 24.3 Å². The fourth-order valence-electron chi connectivity index (χ4n) is 1.59. The second-order valence-corrected chi connectivity index (χ2v) is 4.44. The van der Waals surface area contributed by atoms with Crippen molar-refractivity contribution < 1.29 is 18.7 Å². The lowest BCUT2D eigenvalue weighted by Gasteiger charge is -2.20. The maximum atomic E-state index is 12.3. The van der Waals surface area contributed by atoms with Crippen LogP contribution in [0.1, 0.15) is 24.3 Å². The minimum Gasteiger partial charge on any atom is -0.394 e. The average Bonchev–Trinajstić information content (AvgIpc) is 2.72. The number of nitrogens with zero attached hydrogens (tertiary/aromatic N) is 1. The Hall–Kier alpha value is -1.43. The predicted molar refractivity (Wildman–Crippen MR) is 63.6 cm³/mol. The second kappa shape index (κ2) is 6.49. The zero-order valence-corrected chi connectivity index (χ0v) is 10.4. The maximum absolute atomic E-state index is 12.3. The summed E-state index contributed by atoms with van der Waals surface area (Å²) in [4.78, 5) is 11.9. The normalized spacial score (nSPS) is 13.1. The van der Waals surface area contributed by atoms with Crippen LogP contribution in [0.2, 0.25) is 0 Å². The Morgan fingerprint density at radius 3 is 2.67 bits per heavy atom. The summed E-state index contributed by atoms with van der Waals surface area (Å²) in [5, 5.41) is 11.7. The molecule has 0 aromatic carbocycles. The van der Waals surface area contributed by atoms with Gasteiger partial charge in [-0.05, 0) is 18.1 Å². The van der Waals surface area contributed by atoms with E-state index < -0.39 is 18.9 Å². The van der Waals surface area contributed by atoms with Gasteiger partial charge in [0.05, 0.1) is 19.2 Å². The first-order chi connectivity index (χ1) is 8.45. The highest BCUT2D eigenvalue weighted by Gasteiger charge is 2.19. The molecule has 0 radical (unpaired) electrons. The lowest BCUT2D eigenvalue weighted by atomic mass is 10.1. The van der Waals surface area contributed by atoms with Gasteiger partial charge < -0.3 is 15.0 Å². The van der Waals surface area contributed by atoms with Gasteiger partial charge >= 0.3 is 0 Å². The minimum atomic E-state index is -2.51. The first-order valence-electron chi connectivity index (χ1n) is 5.80. The van der Waals surface area contributed by atoms with Crippen molar-refractivity contribution in [1.82, 2.24) is 9.88 Å². The topological polar surface area (TPSA) is 54.3 Å². The standard InChI is InChI=1S/C12H18F2N2O2/c1-8(2)9(7-17)15-12(18)10-4-3-5-16(10)6-11(13)14/h3-5,8-9,11,17H,6-7H2,1-2H3,(H,15,18). The number of aliphatic hydroxyl groups is 1. The van der Waals surface area contributed by atoms with Crippen LogP contribution in [0.4, 0.5) is 8.78 Å². The van der Waals surface area contributed by atoms with Gasteiger partial charge in [0.25, 0.3) is 12.3 Å². The van der Waals surface area contributed by atoms with Crippen molar-refractivity contribution >= 4 is 5.91 Å². The number of carbonyl (C=O) groups is 1. The second-order valence-electron chi connectivity index (χ2n) is 4.44. The number of carbonyl (C=O) groups excluding carboxylic acids is 1. The molecule has 1 aromatic heterocycles. The Labute approximate surface area is 105 Å². The summed E-state index contributed by atoms with van der Waals surface area (Å²) >= 11 is 0. The molecule has 1 unspecified atom stereocenters. The molecule has 0 aliphatic carbocycles. The van der Waals surface area contributed by atoms with Crippen LogP contribution in [-0.4, -0.2) is 34.7 Å². The molecule has 18 heavy (non-hydrogen) atoms. The molecule has 6 heteroatoms. The Balaban J connectivity index is 2.75. The molecular weight excluding hydrogens is 242 g/mol. The summed E-state index contributed by atoms with van der Waals surface area (Å²) in [6.07, 6.45) is -1.08. The average molecular weight is 260 g/mol. The molecule has 1 aromatic rings. The fraction of sp³-hybridized carbons (Fsp3) is 0.583. The third-order valence-corrected chi connectivity index (χ3v) is 2.71. The van der Waals surface area contributed by atoms with E-state index in [9.17, 15) is 13.6 Å². The van der Waals surface area contributed by atoms with Crippen LogP contribution in [-0.2, 0) is 6.54 Å². The smallest absolute Gasteiger partial charge is 0.268 e. The Morgan fingerprint density at radius 1 is 1.50 bits per heavy atom. The van der Waals surface area contributed by atoms with E-state index in [4.69, 9.17) is 5.11 Å². The molecule has 1 atom stereocenters. The summed E-state index contributed by atoms with van der Waals surface area (Å²) in [7, 11) is 0. The lowest BCUT2D eigenvalue weighted by molar-refractivity contribution is 0.0875. The number of halogens is 2. The number of hydrogen-bond acceptors (Lipinski definition) is 2. The van der Waals surface area contributed by atoms with E-state index in [1.165, 1.54) is 16.8 Å². The largest absolute Gasteiger partial charge is 0.394 e. The summed E-state index contributed by atoms with van der Waals surface area (Å²) in [6, 6.07) is 2.64. The van der Waals surface area contributed by atoms with Crippen molar-refractivity contribution in [2.75, 3.05) is 6.61 Å². The number of aliphatic hydroxyl groups excluding tert-OH is 1. The predicted octanol–water partition coefficient (Wildman–Crippen LogP) is 1.50. The van der Waals surface area contributed by atoms with Crippen LogP contribution in [0.25, 0.3) is 0 Å². The number of hydrogen-bond donors (Lipinski definition) is 2. The molecule has 1 amide bonds. The fourth-order valence-corrected chi connectivity index (χ4v) is 1.59. The molecule has 0 aliphatic heterocycles. The molecule has 0 saturated heterocycles. The maximum Gasteiger partial charge on any atom is 0.268 e. The van der Waals surface area contributed by atoms with Crippen molar-refractivity contribution in [3.8, 4) is 0 Å². The third kappa shape index (κ3) is 3.80. The molecule has 2 N–H and O–H groups in total. The van der Waals surface area contributed by atoms with Crippen molar-refractivity contribution in [3.63, 3.8) is 0 Å². The molecule has 0 saturated carbocycles. The molecule has 0 fully saturated rings. The van der Waals surface area contributed by atoms with Crippen LogP contribution in [0, 0.1) is 5.92 Å². The minimum absolute atomic E-state index is 0.0671. The molecule has 0 spiro atoms. The summed E-state index contributed by atoms with van der Waals surface area (Å²) in [5.74, 6) is -0.383. The van der Waals surface area contributed by atoms with Crippen LogP contribution in [0.5, 0.6) is 0 Å². The monoisotopic (exact) mass is 260 g/mol. The van der Waals surface area contributed by atoms with E-state index in [1.54, 1.807) is 6.07 Å². The summed E-state index contributed by atoms with van der Waals surface area (Å²) in [6.45, 7) is 3.03. The molecule has 1 heterocycles. The SMILES string of the molecule is CC(C)C(CO)NC(=O)c1cccn1CC(F)F. The van der Waals surface area contributed by atoms with E-state index in [2.05, 4.69) is 5.32 Å². The zero-order chi connectivity index (χ0) is 13.7. The number of nitrogens with one attached hydrogen (secondary N) is 1. The van der Waals surface area contributed by atoms with Crippen LogP contribution < -0.4 is 5.32 Å². The van der Waals surface area contributed by atoms with E-state index in [1.807, 2.05) is 13.8 Å². The van der Waals surface area contributed by atoms with E-state index in [0.717, 1.165) is 0 Å². The third-order valence-electron chi connectivity index (χ3n) is 2.71. The van der Waals surface area contributed by atoms with Crippen molar-refractivity contribution in [1.29, 1.82) is 0 Å². The molecular formula is C12H18F2N2O2. The zero-order valence-electron chi connectivity index (χ0n) is 10.4. The van der Waals surface area contributed by atoms with Crippen molar-refractivity contribution in [2.24, 2.45) is 5.92 Å². The van der Waals surface area contributed by atoms with Gasteiger partial charge in [0, 0.05) is 6.20 Å². The van der Waals surface area contributed by atoms with Gasteiger partial charge in [0.15, 0.2) is 0 Å². The first kappa shape index (κ1) is 14.6. The molecule has 1 rings (SSSR count). The summed E-state index contributed by atoms with van der Waals surface area (Å²) in [5.41, 5.74) is 0.175. The number of amides is 1. The highest BCUT2D eigenvalue weighted by Crippen LogP contribution is 2.08. The van der Waals surface area contributed by atoms with Crippen molar-refractivity contribution in [2.45, 2.75) is 32.9 Å². The van der Waals surface area contributed by atoms with Crippen LogP contribution in [0.3, 0.4) is 0 Å². The van der Waals surface area contributed by atoms with Crippen molar-refractivity contribution in [3.05, 3.63) is 24.0 Å². The molecule has 0 bridgehead atoms. The highest BCUT2D eigenvalue weighted by atomic mass is 19.3. The van der Waals surface area contributed by atoms with Crippen LogP contribution >= 0.6 is 0 Å². The van der Waals surface area contributed by atoms with E-state index in [0.29, 0.717) is 0 Å². The quantitative estimate of drug-likeness (QED) is 0.814. The van der Waals surface area contributed by atoms with Crippen LogP contribution in [0.15, 0.2) is 18.3 Å². The highest BCUT2D eigenvalue weighted by molar-refractivity contribution is 5.92. The van der Waals surface area contributed by atoms with Gasteiger partial charge in [-0.1, -0.05) is 13.8 Å². The van der Waals surface area contributed by atoms with E-state index >= 15 is 0 Å². The number of alkyl halides is 2. The Kier molecular flexibility index (Phi) is 5.27. The van der Waals surface area contributed by atoms with Gasteiger partial charge in [0.1, 0.15) is 5.69 Å². The first-order valence-corrected chi connectivity index (χ1v) is 5.80.